The van der Waals surface area contributed by atoms with Gasteiger partial charge >= 0.3 is 0 Å². The summed E-state index contributed by atoms with van der Waals surface area (Å²) in [7, 11) is 0. The molecule has 0 fully saturated rings. The molecular formula is C15H9Br2NS. The summed E-state index contributed by atoms with van der Waals surface area (Å²) in [5.74, 6) is 0. The second-order valence-corrected chi connectivity index (χ2v) is 6.75. The maximum atomic E-state index is 4.71. The molecule has 0 aliphatic heterocycles. The van der Waals surface area contributed by atoms with Crippen molar-refractivity contribution in [1.29, 1.82) is 0 Å². The van der Waals surface area contributed by atoms with E-state index in [0.29, 0.717) is 0 Å². The maximum absolute atomic E-state index is 4.71. The summed E-state index contributed by atoms with van der Waals surface area (Å²) in [5, 5.41) is 3.13. The van der Waals surface area contributed by atoms with Gasteiger partial charge in [0.15, 0.2) is 0 Å². The highest BCUT2D eigenvalue weighted by Crippen LogP contribution is 2.31. The molecule has 3 aromatic rings. The number of benzene rings is 2. The molecule has 0 bridgehead atoms. The highest BCUT2D eigenvalue weighted by molar-refractivity contribution is 9.10. The van der Waals surface area contributed by atoms with Gasteiger partial charge in [0.1, 0.15) is 5.01 Å². The van der Waals surface area contributed by atoms with E-state index in [4.69, 9.17) is 4.98 Å². The van der Waals surface area contributed by atoms with Crippen molar-refractivity contribution in [3.8, 4) is 21.8 Å². The SMILES string of the molecule is Brc1cccc(-c2csc(-c3cccc(Br)c3)n2)c1. The van der Waals surface area contributed by atoms with E-state index < -0.39 is 0 Å². The monoisotopic (exact) mass is 393 g/mol. The van der Waals surface area contributed by atoms with E-state index in [1.165, 1.54) is 0 Å². The Labute approximate surface area is 132 Å². The molecule has 0 aliphatic rings. The first-order valence-corrected chi connectivity index (χ1v) is 8.16. The van der Waals surface area contributed by atoms with E-state index in [1.807, 2.05) is 24.3 Å². The first-order valence-electron chi connectivity index (χ1n) is 5.70. The number of hydrogen-bond donors (Lipinski definition) is 0. The topological polar surface area (TPSA) is 12.9 Å². The van der Waals surface area contributed by atoms with Gasteiger partial charge in [0.25, 0.3) is 0 Å². The summed E-state index contributed by atoms with van der Waals surface area (Å²) in [4.78, 5) is 4.71. The van der Waals surface area contributed by atoms with E-state index in [1.54, 1.807) is 11.3 Å². The van der Waals surface area contributed by atoms with Gasteiger partial charge in [-0.15, -0.1) is 11.3 Å². The lowest BCUT2D eigenvalue weighted by Crippen LogP contribution is -1.79. The van der Waals surface area contributed by atoms with E-state index in [0.717, 1.165) is 30.8 Å². The third-order valence-corrected chi connectivity index (χ3v) is 4.57. The largest absolute Gasteiger partial charge is 0.236 e. The predicted molar refractivity (Wildman–Crippen MR) is 88.4 cm³/mol. The van der Waals surface area contributed by atoms with E-state index in [-0.39, 0.29) is 0 Å². The van der Waals surface area contributed by atoms with Crippen LogP contribution >= 0.6 is 43.2 Å². The quantitative estimate of drug-likeness (QED) is 0.519. The van der Waals surface area contributed by atoms with Crippen LogP contribution < -0.4 is 0 Å². The van der Waals surface area contributed by atoms with Crippen molar-refractivity contribution in [2.75, 3.05) is 0 Å². The summed E-state index contributed by atoms with van der Waals surface area (Å²) in [6.07, 6.45) is 0. The predicted octanol–water partition coefficient (Wildman–Crippen LogP) is 6.00. The zero-order chi connectivity index (χ0) is 13.2. The van der Waals surface area contributed by atoms with Crippen LogP contribution in [0.5, 0.6) is 0 Å². The Balaban J connectivity index is 2.00. The van der Waals surface area contributed by atoms with Gasteiger partial charge in [-0.05, 0) is 24.3 Å². The summed E-state index contributed by atoms with van der Waals surface area (Å²) in [6, 6.07) is 16.4. The zero-order valence-electron chi connectivity index (χ0n) is 9.81. The molecule has 1 heterocycles. The third kappa shape index (κ3) is 2.96. The lowest BCUT2D eigenvalue weighted by molar-refractivity contribution is 1.40. The Morgan fingerprint density at radius 3 is 2.16 bits per heavy atom. The molecule has 0 saturated heterocycles. The Kier molecular flexibility index (Phi) is 3.82. The molecule has 0 spiro atoms. The smallest absolute Gasteiger partial charge is 0.124 e. The molecule has 4 heteroatoms. The Hall–Kier alpha value is -0.970. The lowest BCUT2D eigenvalue weighted by atomic mass is 10.2. The summed E-state index contributed by atoms with van der Waals surface area (Å²) in [5.41, 5.74) is 3.29. The lowest BCUT2D eigenvalue weighted by Gasteiger charge is -1.98. The fourth-order valence-corrected chi connectivity index (χ4v) is 3.43. The van der Waals surface area contributed by atoms with Crippen molar-refractivity contribution < 1.29 is 0 Å². The molecule has 0 N–H and O–H groups in total. The summed E-state index contributed by atoms with van der Waals surface area (Å²) in [6.45, 7) is 0. The van der Waals surface area contributed by atoms with Gasteiger partial charge in [0.05, 0.1) is 5.69 Å². The molecule has 19 heavy (non-hydrogen) atoms. The zero-order valence-corrected chi connectivity index (χ0v) is 13.8. The van der Waals surface area contributed by atoms with Crippen LogP contribution in [0.1, 0.15) is 0 Å². The van der Waals surface area contributed by atoms with Crippen molar-refractivity contribution in [3.63, 3.8) is 0 Å². The molecule has 0 unspecified atom stereocenters. The Bertz CT molecular complexity index is 661. The van der Waals surface area contributed by atoms with E-state index in [2.05, 4.69) is 61.5 Å². The molecule has 0 radical (unpaired) electrons. The normalized spacial score (nSPS) is 10.6. The van der Waals surface area contributed by atoms with Crippen molar-refractivity contribution in [3.05, 3.63) is 62.9 Å². The molecule has 0 atom stereocenters. The van der Waals surface area contributed by atoms with Crippen LogP contribution in [-0.2, 0) is 0 Å². The maximum Gasteiger partial charge on any atom is 0.124 e. The number of halogens is 2. The first kappa shape index (κ1) is 13.0. The molecule has 1 aromatic heterocycles. The van der Waals surface area contributed by atoms with Gasteiger partial charge in [0, 0.05) is 25.5 Å². The van der Waals surface area contributed by atoms with Gasteiger partial charge in [-0.3, -0.25) is 0 Å². The highest BCUT2D eigenvalue weighted by Gasteiger charge is 2.07. The van der Waals surface area contributed by atoms with Gasteiger partial charge in [-0.1, -0.05) is 56.1 Å². The average molecular weight is 395 g/mol. The second-order valence-electron chi connectivity index (χ2n) is 4.06. The van der Waals surface area contributed by atoms with Crippen molar-refractivity contribution in [2.24, 2.45) is 0 Å². The molecule has 1 nitrogen and oxygen atoms in total. The third-order valence-electron chi connectivity index (χ3n) is 2.70. The summed E-state index contributed by atoms with van der Waals surface area (Å²) < 4.78 is 2.14. The van der Waals surface area contributed by atoms with Crippen molar-refractivity contribution in [1.82, 2.24) is 4.98 Å². The molecule has 0 aliphatic carbocycles. The number of hydrogen-bond acceptors (Lipinski definition) is 2. The second kappa shape index (κ2) is 5.57. The fourth-order valence-electron chi connectivity index (χ4n) is 1.81. The van der Waals surface area contributed by atoms with Crippen molar-refractivity contribution in [2.45, 2.75) is 0 Å². The molecule has 94 valence electrons. The van der Waals surface area contributed by atoms with E-state index >= 15 is 0 Å². The van der Waals surface area contributed by atoms with Gasteiger partial charge in [-0.25, -0.2) is 4.98 Å². The number of aromatic nitrogens is 1. The molecular weight excluding hydrogens is 386 g/mol. The highest BCUT2D eigenvalue weighted by atomic mass is 79.9. The van der Waals surface area contributed by atoms with E-state index in [9.17, 15) is 0 Å². The summed E-state index contributed by atoms with van der Waals surface area (Å²) >= 11 is 8.65. The number of thiazole rings is 1. The van der Waals surface area contributed by atoms with Crippen LogP contribution in [0.4, 0.5) is 0 Å². The van der Waals surface area contributed by atoms with Crippen LogP contribution in [-0.4, -0.2) is 4.98 Å². The molecule has 3 rings (SSSR count). The van der Waals surface area contributed by atoms with Crippen LogP contribution in [0, 0.1) is 0 Å². The van der Waals surface area contributed by atoms with Crippen LogP contribution in [0.25, 0.3) is 21.8 Å². The molecule has 0 saturated carbocycles. The fraction of sp³-hybridized carbons (Fsp3) is 0. The first-order chi connectivity index (χ1) is 9.22. The van der Waals surface area contributed by atoms with Crippen LogP contribution in [0.3, 0.4) is 0 Å². The van der Waals surface area contributed by atoms with Gasteiger partial charge in [0.2, 0.25) is 0 Å². The minimum atomic E-state index is 1.02. The average Bonchev–Trinajstić information content (AvgIpc) is 2.88. The standard InChI is InChI=1S/C15H9Br2NS/c16-12-5-1-3-10(7-12)14-9-19-15(18-14)11-4-2-6-13(17)8-11/h1-9H. The van der Waals surface area contributed by atoms with Crippen molar-refractivity contribution >= 4 is 43.2 Å². The number of rotatable bonds is 2. The Morgan fingerprint density at radius 1 is 0.842 bits per heavy atom. The number of nitrogens with zero attached hydrogens (tertiary/aromatic N) is 1. The molecule has 2 aromatic carbocycles. The van der Waals surface area contributed by atoms with Crippen LogP contribution in [0.15, 0.2) is 62.9 Å². The minimum Gasteiger partial charge on any atom is -0.236 e. The van der Waals surface area contributed by atoms with Gasteiger partial charge in [-0.2, -0.15) is 0 Å². The Morgan fingerprint density at radius 2 is 1.47 bits per heavy atom. The molecule has 0 amide bonds. The van der Waals surface area contributed by atoms with Gasteiger partial charge < -0.3 is 0 Å². The minimum absolute atomic E-state index is 1.02. The van der Waals surface area contributed by atoms with Crippen LogP contribution in [0.2, 0.25) is 0 Å².